The predicted octanol–water partition coefficient (Wildman–Crippen LogP) is 6.41. The molecule has 120 valence electrons. The van der Waals surface area contributed by atoms with Crippen LogP contribution >= 0.6 is 0 Å². The Morgan fingerprint density at radius 2 is 1.52 bits per heavy atom. The van der Waals surface area contributed by atoms with Crippen LogP contribution in [-0.4, -0.2) is 7.11 Å². The number of hydrogen-bond donors (Lipinski definition) is 0. The predicted molar refractivity (Wildman–Crippen MR) is 103 cm³/mol. The fourth-order valence-electron chi connectivity index (χ4n) is 3.49. The van der Waals surface area contributed by atoms with Crippen LogP contribution in [0.15, 0.2) is 83.3 Å². The molecule has 0 aliphatic rings. The van der Waals surface area contributed by atoms with Gasteiger partial charge in [-0.3, -0.25) is 0 Å². The van der Waals surface area contributed by atoms with Crippen LogP contribution in [0.4, 0.5) is 0 Å². The minimum Gasteiger partial charge on any atom is -0.497 e. The van der Waals surface area contributed by atoms with Gasteiger partial charge in [-0.05, 0) is 40.6 Å². The minimum atomic E-state index is 0.875. The van der Waals surface area contributed by atoms with E-state index in [1.807, 2.05) is 24.3 Å². The molecule has 25 heavy (non-hydrogen) atoms. The third-order valence-electron chi connectivity index (χ3n) is 4.76. The summed E-state index contributed by atoms with van der Waals surface area (Å²) in [5, 5.41) is 4.67. The average Bonchev–Trinajstić information content (AvgIpc) is 3.06. The van der Waals surface area contributed by atoms with Crippen molar-refractivity contribution in [2.45, 2.75) is 0 Å². The van der Waals surface area contributed by atoms with E-state index in [0.29, 0.717) is 0 Å². The molecule has 0 spiro atoms. The summed E-state index contributed by atoms with van der Waals surface area (Å²) < 4.78 is 11.5. The first-order valence-corrected chi connectivity index (χ1v) is 8.32. The van der Waals surface area contributed by atoms with Gasteiger partial charge < -0.3 is 9.15 Å². The zero-order chi connectivity index (χ0) is 16.8. The number of fused-ring (bicyclic) bond motifs is 4. The van der Waals surface area contributed by atoms with E-state index in [4.69, 9.17) is 9.15 Å². The number of methoxy groups -OCH3 is 1. The molecule has 0 aliphatic carbocycles. The SMILES string of the molecule is COc1ccc2cc(-c3cccc4c3oc3ccccc34)ccc2c1. The van der Waals surface area contributed by atoms with Crippen molar-refractivity contribution < 1.29 is 9.15 Å². The van der Waals surface area contributed by atoms with Gasteiger partial charge in [0, 0.05) is 16.3 Å². The molecular weight excluding hydrogens is 308 g/mol. The Morgan fingerprint density at radius 1 is 0.720 bits per heavy atom. The van der Waals surface area contributed by atoms with Crippen molar-refractivity contribution in [3.63, 3.8) is 0 Å². The van der Waals surface area contributed by atoms with E-state index in [1.54, 1.807) is 7.11 Å². The molecule has 5 aromatic rings. The van der Waals surface area contributed by atoms with E-state index in [0.717, 1.165) is 38.8 Å². The van der Waals surface area contributed by atoms with Gasteiger partial charge in [-0.1, -0.05) is 54.6 Å². The van der Waals surface area contributed by atoms with Crippen molar-refractivity contribution in [3.8, 4) is 16.9 Å². The van der Waals surface area contributed by atoms with Gasteiger partial charge in [0.05, 0.1) is 7.11 Å². The Hall–Kier alpha value is -3.26. The topological polar surface area (TPSA) is 22.4 Å². The molecule has 0 fully saturated rings. The summed E-state index contributed by atoms with van der Waals surface area (Å²) in [6.45, 7) is 0. The molecule has 0 aliphatic heterocycles. The second kappa shape index (κ2) is 5.38. The maximum atomic E-state index is 6.17. The Morgan fingerprint density at radius 3 is 2.44 bits per heavy atom. The fraction of sp³-hybridized carbons (Fsp3) is 0.0435. The monoisotopic (exact) mass is 324 g/mol. The van der Waals surface area contributed by atoms with E-state index >= 15 is 0 Å². The number of ether oxygens (including phenoxy) is 1. The van der Waals surface area contributed by atoms with Crippen molar-refractivity contribution in [2.75, 3.05) is 7.11 Å². The summed E-state index contributed by atoms with van der Waals surface area (Å²) in [4.78, 5) is 0. The second-order valence-electron chi connectivity index (χ2n) is 6.21. The molecule has 2 heteroatoms. The van der Waals surface area contributed by atoms with Crippen molar-refractivity contribution in [3.05, 3.63) is 78.9 Å². The van der Waals surface area contributed by atoms with Gasteiger partial charge in [0.25, 0.3) is 0 Å². The highest BCUT2D eigenvalue weighted by Crippen LogP contribution is 2.36. The highest BCUT2D eigenvalue weighted by atomic mass is 16.5. The van der Waals surface area contributed by atoms with Crippen molar-refractivity contribution in [1.82, 2.24) is 0 Å². The van der Waals surface area contributed by atoms with Crippen molar-refractivity contribution >= 4 is 32.7 Å². The van der Waals surface area contributed by atoms with Crippen LogP contribution in [0.2, 0.25) is 0 Å². The number of para-hydroxylation sites is 2. The molecule has 0 radical (unpaired) electrons. The van der Waals surface area contributed by atoms with Crippen LogP contribution in [0.3, 0.4) is 0 Å². The molecule has 0 amide bonds. The zero-order valence-corrected chi connectivity index (χ0v) is 13.8. The number of benzene rings is 4. The lowest BCUT2D eigenvalue weighted by Crippen LogP contribution is -1.84. The molecule has 0 atom stereocenters. The second-order valence-corrected chi connectivity index (χ2v) is 6.21. The van der Waals surface area contributed by atoms with Crippen LogP contribution in [0, 0.1) is 0 Å². The number of rotatable bonds is 2. The molecule has 0 saturated heterocycles. The van der Waals surface area contributed by atoms with Gasteiger partial charge >= 0.3 is 0 Å². The van der Waals surface area contributed by atoms with E-state index in [9.17, 15) is 0 Å². The molecular formula is C23H16O2. The van der Waals surface area contributed by atoms with E-state index < -0.39 is 0 Å². The fourth-order valence-corrected chi connectivity index (χ4v) is 3.49. The summed E-state index contributed by atoms with van der Waals surface area (Å²) >= 11 is 0. The van der Waals surface area contributed by atoms with Gasteiger partial charge in [0.2, 0.25) is 0 Å². The Bertz CT molecular complexity index is 1230. The van der Waals surface area contributed by atoms with Gasteiger partial charge in [0.15, 0.2) is 0 Å². The first-order valence-electron chi connectivity index (χ1n) is 8.32. The molecule has 0 N–H and O–H groups in total. The quantitative estimate of drug-likeness (QED) is 0.374. The highest BCUT2D eigenvalue weighted by molar-refractivity contribution is 6.09. The van der Waals surface area contributed by atoms with Crippen LogP contribution in [-0.2, 0) is 0 Å². The first-order chi connectivity index (χ1) is 12.3. The zero-order valence-electron chi connectivity index (χ0n) is 13.8. The Kier molecular flexibility index (Phi) is 3.04. The van der Waals surface area contributed by atoms with Gasteiger partial charge in [-0.2, -0.15) is 0 Å². The van der Waals surface area contributed by atoms with Crippen molar-refractivity contribution in [1.29, 1.82) is 0 Å². The molecule has 0 saturated carbocycles. The first kappa shape index (κ1) is 14.1. The molecule has 0 unspecified atom stereocenters. The standard InChI is InChI=1S/C23H16O2/c1-24-18-12-11-15-13-17(10-9-16(15)14-18)19-6-4-7-21-20-5-2-3-8-22(20)25-23(19)21/h2-14H,1H3. The minimum absolute atomic E-state index is 0.875. The van der Waals surface area contributed by atoms with E-state index in [-0.39, 0.29) is 0 Å². The van der Waals surface area contributed by atoms with E-state index in [2.05, 4.69) is 54.6 Å². The summed E-state index contributed by atoms with van der Waals surface area (Å²) in [5.41, 5.74) is 4.14. The van der Waals surface area contributed by atoms with Crippen LogP contribution < -0.4 is 4.74 Å². The lowest BCUT2D eigenvalue weighted by molar-refractivity contribution is 0.415. The maximum absolute atomic E-state index is 6.17. The van der Waals surface area contributed by atoms with Crippen molar-refractivity contribution in [2.24, 2.45) is 0 Å². The largest absolute Gasteiger partial charge is 0.497 e. The molecule has 2 nitrogen and oxygen atoms in total. The summed E-state index contributed by atoms with van der Waals surface area (Å²) in [7, 11) is 1.69. The molecule has 0 bridgehead atoms. The Labute approximate surface area is 145 Å². The third kappa shape index (κ3) is 2.18. The lowest BCUT2D eigenvalue weighted by Gasteiger charge is -2.06. The maximum Gasteiger partial charge on any atom is 0.143 e. The average molecular weight is 324 g/mol. The molecule has 1 heterocycles. The van der Waals surface area contributed by atoms with Gasteiger partial charge in [-0.15, -0.1) is 0 Å². The number of furan rings is 1. The smallest absolute Gasteiger partial charge is 0.143 e. The van der Waals surface area contributed by atoms with Crippen LogP contribution in [0.25, 0.3) is 43.8 Å². The normalized spacial score (nSPS) is 11.4. The molecule has 1 aromatic heterocycles. The van der Waals surface area contributed by atoms with Crippen LogP contribution in [0.5, 0.6) is 5.75 Å². The van der Waals surface area contributed by atoms with Crippen LogP contribution in [0.1, 0.15) is 0 Å². The summed E-state index contributed by atoms with van der Waals surface area (Å²) in [6, 6.07) is 27.1. The lowest BCUT2D eigenvalue weighted by atomic mass is 9.99. The van der Waals surface area contributed by atoms with Gasteiger partial charge in [0.1, 0.15) is 16.9 Å². The summed E-state index contributed by atoms with van der Waals surface area (Å²) in [5.74, 6) is 0.875. The highest BCUT2D eigenvalue weighted by Gasteiger charge is 2.12. The molecule has 5 rings (SSSR count). The third-order valence-corrected chi connectivity index (χ3v) is 4.76. The Balaban J connectivity index is 1.76. The van der Waals surface area contributed by atoms with E-state index in [1.165, 1.54) is 10.8 Å². The summed E-state index contributed by atoms with van der Waals surface area (Å²) in [6.07, 6.45) is 0. The number of hydrogen-bond acceptors (Lipinski definition) is 2. The van der Waals surface area contributed by atoms with Gasteiger partial charge in [-0.25, -0.2) is 0 Å². The molecule has 4 aromatic carbocycles.